The van der Waals surface area contributed by atoms with Gasteiger partial charge in [0, 0.05) is 47.9 Å². The maximum atomic E-state index is 6.15. The van der Waals surface area contributed by atoms with Crippen molar-refractivity contribution in [2.75, 3.05) is 4.90 Å². The minimum atomic E-state index is 0.905. The van der Waals surface area contributed by atoms with Crippen LogP contribution in [0.15, 0.2) is 229 Å². The van der Waals surface area contributed by atoms with Gasteiger partial charge in [0.1, 0.15) is 11.2 Å². The van der Waals surface area contributed by atoms with E-state index in [0.29, 0.717) is 0 Å². The summed E-state index contributed by atoms with van der Waals surface area (Å²) in [6.07, 6.45) is 0. The molecule has 2 heterocycles. The van der Waals surface area contributed by atoms with Gasteiger partial charge in [-0.15, -0.1) is 11.3 Å². The molecule has 0 amide bonds. The van der Waals surface area contributed by atoms with E-state index in [1.54, 1.807) is 0 Å². The van der Waals surface area contributed by atoms with Crippen molar-refractivity contribution in [2.24, 2.45) is 0 Å². The first-order chi connectivity index (χ1) is 30.2. The Labute approximate surface area is 357 Å². The number of nitrogens with zero attached hydrogens (tertiary/aromatic N) is 1. The Morgan fingerprint density at radius 1 is 0.311 bits per heavy atom. The zero-order valence-corrected chi connectivity index (χ0v) is 33.9. The number of rotatable bonds is 7. The Morgan fingerprint density at radius 2 is 0.836 bits per heavy atom. The normalized spacial score (nSPS) is 11.6. The molecule has 0 unspecified atom stereocenters. The van der Waals surface area contributed by atoms with Crippen molar-refractivity contribution in [1.82, 2.24) is 0 Å². The van der Waals surface area contributed by atoms with Crippen LogP contribution in [0.4, 0.5) is 17.1 Å². The minimum Gasteiger partial charge on any atom is -0.456 e. The third-order valence-corrected chi connectivity index (χ3v) is 13.2. The third-order valence-electron chi connectivity index (χ3n) is 12.1. The Hall–Kier alpha value is -7.72. The summed E-state index contributed by atoms with van der Waals surface area (Å²) < 4.78 is 8.75. The molecule has 0 saturated carbocycles. The first kappa shape index (κ1) is 35.2. The van der Waals surface area contributed by atoms with Gasteiger partial charge in [0.2, 0.25) is 0 Å². The van der Waals surface area contributed by atoms with E-state index in [-0.39, 0.29) is 0 Å². The highest BCUT2D eigenvalue weighted by Gasteiger charge is 2.19. The Balaban J connectivity index is 0.931. The van der Waals surface area contributed by atoms with Crippen LogP contribution >= 0.6 is 11.3 Å². The van der Waals surface area contributed by atoms with E-state index in [1.807, 2.05) is 23.5 Å². The molecule has 61 heavy (non-hydrogen) atoms. The van der Waals surface area contributed by atoms with E-state index < -0.39 is 0 Å². The summed E-state index contributed by atoms with van der Waals surface area (Å²) >= 11 is 1.86. The molecule has 12 aromatic rings. The summed E-state index contributed by atoms with van der Waals surface area (Å²) in [6.45, 7) is 0. The van der Waals surface area contributed by atoms with Gasteiger partial charge in [-0.1, -0.05) is 158 Å². The number of fused-ring (bicyclic) bond motifs is 7. The summed E-state index contributed by atoms with van der Waals surface area (Å²) in [5, 5.41) is 7.40. The second-order valence-electron chi connectivity index (χ2n) is 15.7. The van der Waals surface area contributed by atoms with Crippen LogP contribution in [-0.2, 0) is 0 Å². The number of furan rings is 1. The Bertz CT molecular complexity index is 3580. The quantitative estimate of drug-likeness (QED) is 0.160. The molecule has 0 atom stereocenters. The summed E-state index contributed by atoms with van der Waals surface area (Å²) in [7, 11) is 0. The van der Waals surface area contributed by atoms with Gasteiger partial charge in [-0.3, -0.25) is 0 Å². The van der Waals surface area contributed by atoms with Crippen molar-refractivity contribution in [3.8, 4) is 44.5 Å². The van der Waals surface area contributed by atoms with Crippen LogP contribution in [0.25, 0.3) is 97.4 Å². The van der Waals surface area contributed by atoms with E-state index in [9.17, 15) is 0 Å². The van der Waals surface area contributed by atoms with E-state index >= 15 is 0 Å². The lowest BCUT2D eigenvalue weighted by Crippen LogP contribution is -2.11. The minimum absolute atomic E-state index is 0.905. The second kappa shape index (κ2) is 14.5. The molecule has 0 radical (unpaired) electrons. The molecule has 0 aliphatic heterocycles. The fourth-order valence-corrected chi connectivity index (χ4v) is 10.1. The van der Waals surface area contributed by atoms with Gasteiger partial charge in [0.25, 0.3) is 0 Å². The number of hydrogen-bond donors (Lipinski definition) is 0. The molecule has 0 aliphatic rings. The lowest BCUT2D eigenvalue weighted by atomic mass is 9.97. The maximum absolute atomic E-state index is 6.15. The SMILES string of the molecule is c1ccc(N(c2ccc(-c3ccc(-c4ccc5ccccc5c4)cc3)cc2)c2ccc(-c3ccc4oc5ccccc5c4c3)cc2)c(-c2ccc3c(c2)sc2ccccc23)c1. The van der Waals surface area contributed by atoms with Crippen LogP contribution in [-0.4, -0.2) is 0 Å². The van der Waals surface area contributed by atoms with E-state index in [4.69, 9.17) is 4.42 Å². The molecule has 10 aromatic carbocycles. The van der Waals surface area contributed by atoms with Gasteiger partial charge < -0.3 is 9.32 Å². The smallest absolute Gasteiger partial charge is 0.135 e. The monoisotopic (exact) mass is 795 g/mol. The topological polar surface area (TPSA) is 16.4 Å². The van der Waals surface area contributed by atoms with Crippen LogP contribution in [0.2, 0.25) is 0 Å². The third kappa shape index (κ3) is 6.26. The number of thiophene rings is 1. The highest BCUT2D eigenvalue weighted by Crippen LogP contribution is 2.44. The van der Waals surface area contributed by atoms with Gasteiger partial charge in [-0.05, 0) is 116 Å². The van der Waals surface area contributed by atoms with E-state index in [0.717, 1.165) is 50.1 Å². The molecule has 3 heteroatoms. The molecular formula is C58H37NOS. The number of hydrogen-bond acceptors (Lipinski definition) is 3. The summed E-state index contributed by atoms with van der Waals surface area (Å²) in [5.41, 5.74) is 14.6. The zero-order valence-electron chi connectivity index (χ0n) is 33.1. The van der Waals surface area contributed by atoms with Crippen LogP contribution in [0, 0.1) is 0 Å². The molecule has 12 rings (SSSR count). The van der Waals surface area contributed by atoms with Gasteiger partial charge in [-0.25, -0.2) is 0 Å². The first-order valence-electron chi connectivity index (χ1n) is 20.7. The summed E-state index contributed by atoms with van der Waals surface area (Å²) in [6, 6.07) is 81.3. The summed E-state index contributed by atoms with van der Waals surface area (Å²) in [5.74, 6) is 0. The molecule has 0 fully saturated rings. The van der Waals surface area contributed by atoms with Crippen molar-refractivity contribution in [2.45, 2.75) is 0 Å². The molecule has 286 valence electrons. The average Bonchev–Trinajstić information content (AvgIpc) is 3.90. The first-order valence-corrected chi connectivity index (χ1v) is 21.5. The highest BCUT2D eigenvalue weighted by atomic mass is 32.1. The number of benzene rings is 10. The standard InChI is InChI=1S/C58H37NOS/c1-2-10-43-35-44(22-21-38(43)9-1)41-19-17-39(18-20-41)40-23-29-47(30-24-40)59(48-31-25-42(26-32-48)45-28-34-56-53(36-45)50-12-4-7-15-55(50)60-56)54-14-6-3-11-49(54)46-27-33-52-51-13-5-8-16-57(51)61-58(52)37-46/h1-37H. The zero-order chi connectivity index (χ0) is 40.3. The van der Waals surface area contributed by atoms with Crippen LogP contribution in [0.3, 0.4) is 0 Å². The van der Waals surface area contributed by atoms with Gasteiger partial charge in [0.05, 0.1) is 5.69 Å². The van der Waals surface area contributed by atoms with Crippen LogP contribution in [0.1, 0.15) is 0 Å². The van der Waals surface area contributed by atoms with Crippen molar-refractivity contribution in [1.29, 1.82) is 0 Å². The average molecular weight is 796 g/mol. The Kier molecular flexibility index (Phi) is 8.39. The predicted molar refractivity (Wildman–Crippen MR) is 261 cm³/mol. The van der Waals surface area contributed by atoms with Gasteiger partial charge >= 0.3 is 0 Å². The second-order valence-corrected chi connectivity index (χ2v) is 16.8. The molecule has 0 aliphatic carbocycles. The summed E-state index contributed by atoms with van der Waals surface area (Å²) in [4.78, 5) is 2.40. The molecule has 0 N–H and O–H groups in total. The van der Waals surface area contributed by atoms with E-state index in [1.165, 1.54) is 64.3 Å². The lowest BCUT2D eigenvalue weighted by molar-refractivity contribution is 0.669. The van der Waals surface area contributed by atoms with E-state index in [2.05, 4.69) is 217 Å². The van der Waals surface area contributed by atoms with Gasteiger partial charge in [-0.2, -0.15) is 0 Å². The molecule has 0 bridgehead atoms. The number of anilines is 3. The highest BCUT2D eigenvalue weighted by molar-refractivity contribution is 7.25. The molecule has 0 spiro atoms. The predicted octanol–water partition coefficient (Wildman–Crippen LogP) is 17.2. The molecule has 2 nitrogen and oxygen atoms in total. The van der Waals surface area contributed by atoms with Crippen molar-refractivity contribution in [3.05, 3.63) is 224 Å². The Morgan fingerprint density at radius 3 is 1.61 bits per heavy atom. The fourth-order valence-electron chi connectivity index (χ4n) is 8.97. The molecule has 2 aromatic heterocycles. The number of para-hydroxylation sites is 2. The fraction of sp³-hybridized carbons (Fsp3) is 0. The largest absolute Gasteiger partial charge is 0.456 e. The van der Waals surface area contributed by atoms with Crippen LogP contribution < -0.4 is 4.90 Å². The van der Waals surface area contributed by atoms with Crippen molar-refractivity contribution >= 4 is 81.3 Å². The molecular weight excluding hydrogens is 759 g/mol. The van der Waals surface area contributed by atoms with Crippen molar-refractivity contribution < 1.29 is 4.42 Å². The lowest BCUT2D eigenvalue weighted by Gasteiger charge is -2.28. The maximum Gasteiger partial charge on any atom is 0.135 e. The van der Waals surface area contributed by atoms with Gasteiger partial charge in [0.15, 0.2) is 0 Å². The van der Waals surface area contributed by atoms with Crippen LogP contribution in [0.5, 0.6) is 0 Å². The van der Waals surface area contributed by atoms with Crippen molar-refractivity contribution in [3.63, 3.8) is 0 Å². The molecule has 0 saturated heterocycles.